The summed E-state index contributed by atoms with van der Waals surface area (Å²) < 4.78 is 0. The molecule has 3 rings (SSSR count). The summed E-state index contributed by atoms with van der Waals surface area (Å²) in [4.78, 5) is 29.7. The summed E-state index contributed by atoms with van der Waals surface area (Å²) in [6, 6.07) is 7.99. The fourth-order valence-corrected chi connectivity index (χ4v) is 3.65. The van der Waals surface area contributed by atoms with Gasteiger partial charge in [-0.2, -0.15) is 0 Å². The van der Waals surface area contributed by atoms with Gasteiger partial charge in [0.05, 0.1) is 0 Å². The van der Waals surface area contributed by atoms with Crippen LogP contribution in [0.5, 0.6) is 0 Å². The predicted molar refractivity (Wildman–Crippen MR) is 91.3 cm³/mol. The van der Waals surface area contributed by atoms with Gasteiger partial charge in [-0.25, -0.2) is 0 Å². The number of likely N-dealkylation sites (tertiary alicyclic amines) is 1. The highest BCUT2D eigenvalue weighted by atomic mass is 16.2. The van der Waals surface area contributed by atoms with E-state index in [0.717, 1.165) is 38.0 Å². The molecule has 0 unspecified atom stereocenters. The van der Waals surface area contributed by atoms with E-state index in [4.69, 9.17) is 0 Å². The van der Waals surface area contributed by atoms with Crippen LogP contribution in [0.25, 0.3) is 0 Å². The quantitative estimate of drug-likeness (QED) is 0.787. The molecule has 1 aromatic rings. The second kappa shape index (κ2) is 6.34. The van der Waals surface area contributed by atoms with Gasteiger partial charge in [-0.3, -0.25) is 9.59 Å². The Morgan fingerprint density at radius 2 is 1.57 bits per heavy atom. The maximum absolute atomic E-state index is 13.1. The zero-order chi connectivity index (χ0) is 16.4. The third-order valence-electron chi connectivity index (χ3n) is 5.09. The first-order valence-electron chi connectivity index (χ1n) is 8.71. The number of fused-ring (bicyclic) bond motifs is 1. The number of nitrogens with zero attached hydrogens (tertiary/aromatic N) is 2. The van der Waals surface area contributed by atoms with Crippen LogP contribution >= 0.6 is 0 Å². The molecule has 0 saturated carbocycles. The Kier molecular flexibility index (Phi) is 4.42. The summed E-state index contributed by atoms with van der Waals surface area (Å²) in [5.41, 5.74) is 1.16. The number of carbonyl (C=O) groups is 2. The van der Waals surface area contributed by atoms with E-state index < -0.39 is 5.41 Å². The molecule has 2 aliphatic heterocycles. The molecule has 0 aliphatic carbocycles. The highest BCUT2D eigenvalue weighted by Crippen LogP contribution is 2.33. The number of anilines is 1. The number of amides is 2. The highest BCUT2D eigenvalue weighted by Gasteiger charge is 2.43. The van der Waals surface area contributed by atoms with Crippen molar-refractivity contribution in [2.24, 2.45) is 5.41 Å². The zero-order valence-corrected chi connectivity index (χ0v) is 14.2. The summed E-state index contributed by atoms with van der Waals surface area (Å²) >= 11 is 0. The number of benzene rings is 1. The van der Waals surface area contributed by atoms with Crippen molar-refractivity contribution < 1.29 is 9.59 Å². The lowest BCUT2D eigenvalue weighted by atomic mass is 9.89. The van der Waals surface area contributed by atoms with E-state index in [1.807, 2.05) is 23.1 Å². The predicted octanol–water partition coefficient (Wildman–Crippen LogP) is 3.00. The molecule has 2 amide bonds. The molecule has 124 valence electrons. The Hall–Kier alpha value is -1.84. The molecule has 23 heavy (non-hydrogen) atoms. The second-order valence-electron chi connectivity index (χ2n) is 7.17. The first kappa shape index (κ1) is 16.0. The molecule has 0 atom stereocenters. The van der Waals surface area contributed by atoms with Crippen LogP contribution in [0.4, 0.5) is 5.69 Å². The fraction of sp³-hybridized carbons (Fsp3) is 0.579. The van der Waals surface area contributed by atoms with Crippen LogP contribution in [-0.2, 0) is 16.0 Å². The summed E-state index contributed by atoms with van der Waals surface area (Å²) in [5, 5.41) is 0. The number of rotatable bonds is 2. The van der Waals surface area contributed by atoms with Gasteiger partial charge in [0.25, 0.3) is 0 Å². The van der Waals surface area contributed by atoms with Crippen LogP contribution < -0.4 is 4.90 Å². The van der Waals surface area contributed by atoms with Crippen LogP contribution in [0.2, 0.25) is 0 Å². The summed E-state index contributed by atoms with van der Waals surface area (Å²) in [6.07, 6.45) is 5.32. The van der Waals surface area contributed by atoms with Gasteiger partial charge in [-0.1, -0.05) is 31.0 Å². The van der Waals surface area contributed by atoms with Gasteiger partial charge in [-0.15, -0.1) is 0 Å². The molecule has 0 radical (unpaired) electrons. The minimum atomic E-state index is -0.998. The van der Waals surface area contributed by atoms with Crippen LogP contribution in [0, 0.1) is 5.41 Å². The van der Waals surface area contributed by atoms with E-state index in [1.54, 1.807) is 18.7 Å². The fourth-order valence-electron chi connectivity index (χ4n) is 3.65. The smallest absolute Gasteiger partial charge is 0.242 e. The maximum atomic E-state index is 13.1. The molecule has 0 N–H and O–H groups in total. The standard InChI is InChI=1S/C19H26N2O2/c1-19(2,17(22)20-12-7-3-4-8-13-20)18(23)21-14-11-15-9-5-6-10-16(15)21/h5-6,9-10H,3-4,7-8,11-14H2,1-2H3. The molecule has 2 heterocycles. The zero-order valence-electron chi connectivity index (χ0n) is 14.2. The first-order chi connectivity index (χ1) is 11.0. The molecule has 0 aromatic heterocycles. The highest BCUT2D eigenvalue weighted by molar-refractivity contribution is 6.11. The van der Waals surface area contributed by atoms with Crippen LogP contribution in [0.3, 0.4) is 0 Å². The van der Waals surface area contributed by atoms with Crippen molar-refractivity contribution in [1.82, 2.24) is 4.90 Å². The van der Waals surface area contributed by atoms with E-state index in [1.165, 1.54) is 18.4 Å². The third kappa shape index (κ3) is 2.99. The van der Waals surface area contributed by atoms with Crippen molar-refractivity contribution in [3.8, 4) is 0 Å². The normalized spacial score (nSPS) is 18.5. The molecule has 1 aromatic carbocycles. The molecule has 1 saturated heterocycles. The summed E-state index contributed by atoms with van der Waals surface area (Å²) in [7, 11) is 0. The lowest BCUT2D eigenvalue weighted by Gasteiger charge is -2.33. The average Bonchev–Trinajstić information content (AvgIpc) is 2.79. The van der Waals surface area contributed by atoms with Crippen LogP contribution in [-0.4, -0.2) is 36.3 Å². The van der Waals surface area contributed by atoms with E-state index >= 15 is 0 Å². The Balaban J connectivity index is 1.79. The average molecular weight is 314 g/mol. The van der Waals surface area contributed by atoms with E-state index in [2.05, 4.69) is 6.07 Å². The van der Waals surface area contributed by atoms with Crippen LogP contribution in [0.15, 0.2) is 24.3 Å². The van der Waals surface area contributed by atoms with Gasteiger partial charge in [-0.05, 0) is 44.7 Å². The van der Waals surface area contributed by atoms with E-state index in [-0.39, 0.29) is 11.8 Å². The molecule has 0 spiro atoms. The van der Waals surface area contributed by atoms with E-state index in [9.17, 15) is 9.59 Å². The van der Waals surface area contributed by atoms with Crippen molar-refractivity contribution >= 4 is 17.5 Å². The van der Waals surface area contributed by atoms with Gasteiger partial charge in [0.2, 0.25) is 11.8 Å². The topological polar surface area (TPSA) is 40.6 Å². The maximum Gasteiger partial charge on any atom is 0.242 e. The van der Waals surface area contributed by atoms with Gasteiger partial charge < -0.3 is 9.80 Å². The molecule has 1 fully saturated rings. The lowest BCUT2D eigenvalue weighted by Crippen LogP contribution is -2.51. The van der Waals surface area contributed by atoms with Crippen molar-refractivity contribution in [3.05, 3.63) is 29.8 Å². The van der Waals surface area contributed by atoms with Crippen molar-refractivity contribution in [3.63, 3.8) is 0 Å². The number of hydrogen-bond acceptors (Lipinski definition) is 2. The summed E-state index contributed by atoms with van der Waals surface area (Å²) in [6.45, 7) is 5.81. The molecule has 0 bridgehead atoms. The van der Waals surface area contributed by atoms with Crippen molar-refractivity contribution in [1.29, 1.82) is 0 Å². The Bertz CT molecular complexity index is 601. The Morgan fingerprint density at radius 3 is 2.26 bits per heavy atom. The van der Waals surface area contributed by atoms with Crippen molar-refractivity contribution in [2.45, 2.75) is 46.0 Å². The van der Waals surface area contributed by atoms with Gasteiger partial charge >= 0.3 is 0 Å². The van der Waals surface area contributed by atoms with Crippen molar-refractivity contribution in [2.75, 3.05) is 24.5 Å². The molecule has 4 heteroatoms. The molecule has 4 nitrogen and oxygen atoms in total. The molecular formula is C19H26N2O2. The SMILES string of the molecule is CC(C)(C(=O)N1CCCCCC1)C(=O)N1CCc2ccccc21. The summed E-state index contributed by atoms with van der Waals surface area (Å²) in [5.74, 6) is -0.0921. The monoisotopic (exact) mass is 314 g/mol. The number of hydrogen-bond donors (Lipinski definition) is 0. The van der Waals surface area contributed by atoms with Gasteiger partial charge in [0.15, 0.2) is 0 Å². The Labute approximate surface area is 138 Å². The first-order valence-corrected chi connectivity index (χ1v) is 8.71. The Morgan fingerprint density at radius 1 is 0.913 bits per heavy atom. The van der Waals surface area contributed by atoms with Gasteiger partial charge in [0.1, 0.15) is 5.41 Å². The minimum absolute atomic E-state index is 0.0196. The molecule has 2 aliphatic rings. The largest absolute Gasteiger partial charge is 0.342 e. The van der Waals surface area contributed by atoms with Gasteiger partial charge in [0, 0.05) is 25.3 Å². The number of para-hydroxylation sites is 1. The second-order valence-corrected chi connectivity index (χ2v) is 7.17. The van der Waals surface area contributed by atoms with E-state index in [0.29, 0.717) is 6.54 Å². The minimum Gasteiger partial charge on any atom is -0.342 e. The van der Waals surface area contributed by atoms with Crippen LogP contribution in [0.1, 0.15) is 45.1 Å². The number of carbonyl (C=O) groups excluding carboxylic acids is 2. The molecular weight excluding hydrogens is 288 g/mol. The third-order valence-corrected chi connectivity index (χ3v) is 5.09. The lowest BCUT2D eigenvalue weighted by molar-refractivity contribution is -0.147.